The molecule has 0 bridgehead atoms. The van der Waals surface area contributed by atoms with Gasteiger partial charge in [0.15, 0.2) is 5.78 Å². The highest BCUT2D eigenvalue weighted by Gasteiger charge is 2.40. The minimum absolute atomic E-state index is 0.429. The summed E-state index contributed by atoms with van der Waals surface area (Å²) in [6.07, 6.45) is 6.96. The number of rotatable bonds is 0. The van der Waals surface area contributed by atoms with Crippen LogP contribution in [0.1, 0.15) is 52.4 Å². The minimum atomic E-state index is 0.429. The number of carbonyl (C=O) groups is 1. The molecular formula is C17H25NO. The van der Waals surface area contributed by atoms with Crippen molar-refractivity contribution < 1.29 is 4.79 Å². The smallest absolute Gasteiger partial charge is 0.163 e. The molecule has 0 radical (unpaired) electrons. The fourth-order valence-corrected chi connectivity index (χ4v) is 4.20. The maximum Gasteiger partial charge on any atom is 0.163 e. The van der Waals surface area contributed by atoms with Crippen LogP contribution < -0.4 is 5.32 Å². The standard InChI is InChI=1S/C17H25NO/c1-11(2)16-14-10-18-9-13(14)8-15(19)17(16)12-6-4-3-5-7-12/h13-14,18H,3-10H2,1-2H3. The van der Waals surface area contributed by atoms with E-state index in [1.807, 2.05) is 0 Å². The fourth-order valence-electron chi connectivity index (χ4n) is 4.20. The van der Waals surface area contributed by atoms with Crippen molar-refractivity contribution in [3.05, 3.63) is 22.3 Å². The Bertz CT molecular complexity index is 446. The second-order valence-corrected chi connectivity index (χ2v) is 6.61. The van der Waals surface area contributed by atoms with E-state index in [1.54, 1.807) is 0 Å². The minimum Gasteiger partial charge on any atom is -0.316 e. The highest BCUT2D eigenvalue weighted by atomic mass is 16.1. The summed E-state index contributed by atoms with van der Waals surface area (Å²) in [5, 5.41) is 3.48. The topological polar surface area (TPSA) is 29.1 Å². The van der Waals surface area contributed by atoms with Crippen LogP contribution in [0, 0.1) is 11.8 Å². The Hall–Kier alpha value is -0.890. The third-order valence-corrected chi connectivity index (χ3v) is 5.06. The molecule has 0 aromatic heterocycles. The summed E-state index contributed by atoms with van der Waals surface area (Å²) in [7, 11) is 0. The number of allylic oxidation sites excluding steroid dienone is 3. The van der Waals surface area contributed by atoms with Crippen LogP contribution in [-0.4, -0.2) is 18.9 Å². The van der Waals surface area contributed by atoms with Gasteiger partial charge in [-0.05, 0) is 57.6 Å². The third-order valence-electron chi connectivity index (χ3n) is 5.06. The summed E-state index contributed by atoms with van der Waals surface area (Å²) in [5.74, 6) is 1.57. The lowest BCUT2D eigenvalue weighted by Gasteiger charge is -2.33. The summed E-state index contributed by atoms with van der Waals surface area (Å²) in [4.78, 5) is 12.6. The second kappa shape index (κ2) is 5.24. The predicted molar refractivity (Wildman–Crippen MR) is 78.0 cm³/mol. The summed E-state index contributed by atoms with van der Waals surface area (Å²) in [6.45, 7) is 6.46. The quantitative estimate of drug-likeness (QED) is 0.676. The molecule has 2 atom stereocenters. The average Bonchev–Trinajstić information content (AvgIpc) is 2.85. The van der Waals surface area contributed by atoms with Crippen LogP contribution in [-0.2, 0) is 4.79 Å². The molecule has 3 fully saturated rings. The third kappa shape index (κ3) is 2.31. The Morgan fingerprint density at radius 2 is 1.84 bits per heavy atom. The van der Waals surface area contributed by atoms with Gasteiger partial charge in [-0.2, -0.15) is 0 Å². The van der Waals surface area contributed by atoms with Gasteiger partial charge in [-0.1, -0.05) is 17.6 Å². The van der Waals surface area contributed by atoms with Gasteiger partial charge in [-0.3, -0.25) is 4.79 Å². The Labute approximate surface area is 116 Å². The Kier molecular flexibility index (Phi) is 3.62. The van der Waals surface area contributed by atoms with E-state index in [0.717, 1.165) is 37.9 Å². The van der Waals surface area contributed by atoms with Crippen LogP contribution in [0.25, 0.3) is 0 Å². The van der Waals surface area contributed by atoms with Crippen LogP contribution in [0.4, 0.5) is 0 Å². The largest absolute Gasteiger partial charge is 0.316 e. The zero-order valence-corrected chi connectivity index (χ0v) is 12.2. The SMILES string of the molecule is CC(C)=C1C(=C2CCCCC2)C(=O)CC2CNCC12. The lowest BCUT2D eigenvalue weighted by molar-refractivity contribution is -0.117. The second-order valence-electron chi connectivity index (χ2n) is 6.61. The van der Waals surface area contributed by atoms with Crippen molar-refractivity contribution in [2.24, 2.45) is 11.8 Å². The van der Waals surface area contributed by atoms with E-state index in [1.165, 1.54) is 36.0 Å². The molecule has 1 aliphatic heterocycles. The molecule has 0 amide bonds. The predicted octanol–water partition coefficient (Wildman–Crippen LogP) is 3.39. The molecular weight excluding hydrogens is 234 g/mol. The molecule has 0 spiro atoms. The van der Waals surface area contributed by atoms with Crippen molar-refractivity contribution in [1.29, 1.82) is 0 Å². The number of hydrogen-bond acceptors (Lipinski definition) is 2. The molecule has 1 saturated heterocycles. The number of carbonyl (C=O) groups excluding carboxylic acids is 1. The lowest BCUT2D eigenvalue weighted by atomic mass is 9.70. The molecule has 0 aromatic rings. The van der Waals surface area contributed by atoms with Crippen LogP contribution in [0.15, 0.2) is 22.3 Å². The van der Waals surface area contributed by atoms with Gasteiger partial charge in [0.05, 0.1) is 0 Å². The van der Waals surface area contributed by atoms with Crippen molar-refractivity contribution in [2.75, 3.05) is 13.1 Å². The zero-order valence-electron chi connectivity index (χ0n) is 12.2. The van der Waals surface area contributed by atoms with Crippen LogP contribution >= 0.6 is 0 Å². The van der Waals surface area contributed by atoms with Crippen molar-refractivity contribution in [3.8, 4) is 0 Å². The molecule has 2 heteroatoms. The number of fused-ring (bicyclic) bond motifs is 1. The Balaban J connectivity index is 2.05. The summed E-state index contributed by atoms with van der Waals surface area (Å²) >= 11 is 0. The van der Waals surface area contributed by atoms with E-state index in [0.29, 0.717) is 17.6 Å². The molecule has 2 unspecified atom stereocenters. The maximum absolute atomic E-state index is 12.6. The van der Waals surface area contributed by atoms with Crippen LogP contribution in [0.2, 0.25) is 0 Å². The molecule has 3 aliphatic rings. The molecule has 2 nitrogen and oxygen atoms in total. The molecule has 104 valence electrons. The van der Waals surface area contributed by atoms with Crippen molar-refractivity contribution >= 4 is 5.78 Å². The summed E-state index contributed by atoms with van der Waals surface area (Å²) in [6, 6.07) is 0. The van der Waals surface area contributed by atoms with Crippen LogP contribution in [0.3, 0.4) is 0 Å². The van der Waals surface area contributed by atoms with E-state index in [9.17, 15) is 4.79 Å². The van der Waals surface area contributed by atoms with Gasteiger partial charge in [0.25, 0.3) is 0 Å². The van der Waals surface area contributed by atoms with Crippen molar-refractivity contribution in [1.82, 2.24) is 5.32 Å². The highest BCUT2D eigenvalue weighted by Crippen LogP contribution is 2.43. The molecule has 3 rings (SSSR count). The van der Waals surface area contributed by atoms with Gasteiger partial charge in [-0.25, -0.2) is 0 Å². The number of hydrogen-bond donors (Lipinski definition) is 1. The number of ketones is 1. The van der Waals surface area contributed by atoms with E-state index in [4.69, 9.17) is 0 Å². The van der Waals surface area contributed by atoms with Crippen molar-refractivity contribution in [2.45, 2.75) is 52.4 Å². The molecule has 1 heterocycles. The monoisotopic (exact) mass is 259 g/mol. The van der Waals surface area contributed by atoms with Gasteiger partial charge in [0, 0.05) is 24.5 Å². The lowest BCUT2D eigenvalue weighted by Crippen LogP contribution is -2.30. The molecule has 2 aliphatic carbocycles. The summed E-state index contributed by atoms with van der Waals surface area (Å²) in [5.41, 5.74) is 5.39. The first kappa shape index (κ1) is 13.1. The van der Waals surface area contributed by atoms with Crippen molar-refractivity contribution in [3.63, 3.8) is 0 Å². The first-order valence-electron chi connectivity index (χ1n) is 7.82. The maximum atomic E-state index is 12.6. The van der Waals surface area contributed by atoms with Gasteiger partial charge in [0.1, 0.15) is 0 Å². The van der Waals surface area contributed by atoms with E-state index < -0.39 is 0 Å². The molecule has 2 saturated carbocycles. The van der Waals surface area contributed by atoms with E-state index >= 15 is 0 Å². The van der Waals surface area contributed by atoms with Crippen LogP contribution in [0.5, 0.6) is 0 Å². The normalized spacial score (nSPS) is 31.7. The number of Topliss-reactive ketones (excluding diaryl/α,β-unsaturated/α-hetero) is 1. The molecule has 1 N–H and O–H groups in total. The summed E-state index contributed by atoms with van der Waals surface area (Å²) < 4.78 is 0. The Morgan fingerprint density at radius 1 is 1.11 bits per heavy atom. The average molecular weight is 259 g/mol. The number of nitrogens with one attached hydrogen (secondary N) is 1. The Morgan fingerprint density at radius 3 is 2.53 bits per heavy atom. The first-order valence-corrected chi connectivity index (χ1v) is 7.82. The van der Waals surface area contributed by atoms with Gasteiger partial charge in [0.2, 0.25) is 0 Å². The van der Waals surface area contributed by atoms with Gasteiger partial charge < -0.3 is 5.32 Å². The zero-order chi connectivity index (χ0) is 13.4. The first-order chi connectivity index (χ1) is 9.18. The van der Waals surface area contributed by atoms with E-state index in [-0.39, 0.29) is 0 Å². The van der Waals surface area contributed by atoms with Gasteiger partial charge >= 0.3 is 0 Å². The highest BCUT2D eigenvalue weighted by molar-refractivity contribution is 6.02. The molecule has 19 heavy (non-hydrogen) atoms. The fraction of sp³-hybridized carbons (Fsp3) is 0.706. The van der Waals surface area contributed by atoms with E-state index in [2.05, 4.69) is 19.2 Å². The molecule has 0 aromatic carbocycles. The van der Waals surface area contributed by atoms with Gasteiger partial charge in [-0.15, -0.1) is 0 Å².